The Bertz CT molecular complexity index is 639. The van der Waals surface area contributed by atoms with Crippen LogP contribution in [-0.4, -0.2) is 61.0 Å². The number of carbonyl (C=O) groups is 2. The van der Waals surface area contributed by atoms with E-state index in [2.05, 4.69) is 33.9 Å². The standard InChI is InChI=1S/C20H35NO6Si/c1-9-10-13-11-15(22)21(18(23)24)16(13)17(14-12-25-20(5,6)26-14)27-28(7,8)19(2,3)4/h9-10,13-14,16-17H,11-12H2,1-8H3,(H,23,24)/t13-,14-,16-,17-/m1/s1. The molecule has 0 aliphatic carbocycles. The lowest BCUT2D eigenvalue weighted by Crippen LogP contribution is -2.57. The fourth-order valence-corrected chi connectivity index (χ4v) is 4.92. The monoisotopic (exact) mass is 413 g/mol. The minimum absolute atomic E-state index is 0.0764. The van der Waals surface area contributed by atoms with E-state index in [0.717, 1.165) is 4.90 Å². The van der Waals surface area contributed by atoms with Gasteiger partial charge in [0.2, 0.25) is 5.91 Å². The van der Waals surface area contributed by atoms with E-state index in [9.17, 15) is 14.7 Å². The molecule has 2 fully saturated rings. The fraction of sp³-hybridized carbons (Fsp3) is 0.800. The molecule has 0 saturated carbocycles. The molecule has 2 amide bonds. The van der Waals surface area contributed by atoms with E-state index in [1.165, 1.54) is 0 Å². The van der Waals surface area contributed by atoms with Crippen LogP contribution in [0, 0.1) is 5.92 Å². The summed E-state index contributed by atoms with van der Waals surface area (Å²) in [4.78, 5) is 25.4. The molecule has 0 aromatic heterocycles. The van der Waals surface area contributed by atoms with E-state index in [1.807, 2.05) is 32.9 Å². The third kappa shape index (κ3) is 4.67. The van der Waals surface area contributed by atoms with Crippen molar-refractivity contribution >= 4 is 20.3 Å². The molecule has 4 atom stereocenters. The maximum Gasteiger partial charge on any atom is 0.414 e. The van der Waals surface area contributed by atoms with Gasteiger partial charge in [-0.2, -0.15) is 0 Å². The topological polar surface area (TPSA) is 85.3 Å². The van der Waals surface area contributed by atoms with Gasteiger partial charge in [0, 0.05) is 12.3 Å². The highest BCUT2D eigenvalue weighted by Gasteiger charge is 2.54. The number of allylic oxidation sites excluding steroid dienone is 1. The highest BCUT2D eigenvalue weighted by molar-refractivity contribution is 6.74. The summed E-state index contributed by atoms with van der Waals surface area (Å²) in [7, 11) is -2.28. The molecule has 0 bridgehead atoms. The molecule has 0 unspecified atom stereocenters. The molecule has 7 nitrogen and oxygen atoms in total. The second-order valence-corrected chi connectivity index (χ2v) is 14.4. The average Bonchev–Trinajstić information content (AvgIpc) is 3.03. The summed E-state index contributed by atoms with van der Waals surface area (Å²) < 4.78 is 18.6. The molecule has 2 saturated heterocycles. The molecular weight excluding hydrogens is 378 g/mol. The smallest absolute Gasteiger partial charge is 0.414 e. The van der Waals surface area contributed by atoms with Crippen molar-refractivity contribution in [2.75, 3.05) is 6.61 Å². The molecule has 0 spiro atoms. The molecule has 2 rings (SSSR count). The number of rotatable bonds is 5. The maximum atomic E-state index is 12.5. The summed E-state index contributed by atoms with van der Waals surface area (Å²) in [6.07, 6.45) is 1.62. The van der Waals surface area contributed by atoms with Gasteiger partial charge in [-0.1, -0.05) is 32.9 Å². The first kappa shape index (κ1) is 23.1. The SMILES string of the molecule is CC=C[C@@H]1CC(=O)N(C(=O)O)[C@H]1[C@H](O[Si](C)(C)C(C)(C)C)[C@H]1COC(C)(C)O1. The van der Waals surface area contributed by atoms with E-state index in [-0.39, 0.29) is 17.4 Å². The summed E-state index contributed by atoms with van der Waals surface area (Å²) in [6.45, 7) is 16.4. The Morgan fingerprint density at radius 3 is 2.43 bits per heavy atom. The lowest BCUT2D eigenvalue weighted by atomic mass is 9.92. The van der Waals surface area contributed by atoms with Gasteiger partial charge in [0.1, 0.15) is 6.10 Å². The zero-order chi connectivity index (χ0) is 21.5. The van der Waals surface area contributed by atoms with Crippen LogP contribution in [0.5, 0.6) is 0 Å². The van der Waals surface area contributed by atoms with Crippen molar-refractivity contribution in [3.8, 4) is 0 Å². The van der Waals surface area contributed by atoms with Crippen molar-refractivity contribution in [1.29, 1.82) is 0 Å². The molecule has 28 heavy (non-hydrogen) atoms. The van der Waals surface area contributed by atoms with E-state index in [1.54, 1.807) is 0 Å². The first-order valence-electron chi connectivity index (χ1n) is 9.87. The first-order valence-corrected chi connectivity index (χ1v) is 12.8. The van der Waals surface area contributed by atoms with Crippen molar-refractivity contribution in [1.82, 2.24) is 4.90 Å². The quantitative estimate of drug-likeness (QED) is 0.542. The Morgan fingerprint density at radius 1 is 1.39 bits per heavy atom. The molecular formula is C20H35NO6Si. The van der Waals surface area contributed by atoms with Crippen LogP contribution in [0.3, 0.4) is 0 Å². The molecule has 0 aromatic rings. The minimum Gasteiger partial charge on any atom is -0.465 e. The molecule has 2 heterocycles. The van der Waals surface area contributed by atoms with Crippen LogP contribution in [0.15, 0.2) is 12.2 Å². The molecule has 160 valence electrons. The highest BCUT2D eigenvalue weighted by atomic mass is 28.4. The van der Waals surface area contributed by atoms with Gasteiger partial charge in [-0.15, -0.1) is 0 Å². The largest absolute Gasteiger partial charge is 0.465 e. The summed E-state index contributed by atoms with van der Waals surface area (Å²) in [6, 6.07) is -0.641. The molecule has 8 heteroatoms. The van der Waals surface area contributed by atoms with Crippen LogP contribution in [0.4, 0.5) is 4.79 Å². The Morgan fingerprint density at radius 2 is 2.00 bits per heavy atom. The van der Waals surface area contributed by atoms with Crippen molar-refractivity contribution in [3.05, 3.63) is 12.2 Å². The zero-order valence-electron chi connectivity index (χ0n) is 18.3. The number of ether oxygens (including phenoxy) is 2. The van der Waals surface area contributed by atoms with Gasteiger partial charge in [-0.3, -0.25) is 4.79 Å². The Hall–Kier alpha value is -1.22. The van der Waals surface area contributed by atoms with Crippen LogP contribution >= 0.6 is 0 Å². The Balaban J connectivity index is 2.49. The number of carboxylic acid groups (broad SMARTS) is 1. The molecule has 2 aliphatic heterocycles. The third-order valence-electron chi connectivity index (χ3n) is 6.03. The molecule has 2 aliphatic rings. The van der Waals surface area contributed by atoms with Gasteiger partial charge in [0.25, 0.3) is 0 Å². The number of imide groups is 1. The average molecular weight is 414 g/mol. The number of likely N-dealkylation sites (tertiary alicyclic amines) is 1. The van der Waals surface area contributed by atoms with Crippen molar-refractivity contribution in [2.45, 2.75) is 90.1 Å². The third-order valence-corrected chi connectivity index (χ3v) is 10.5. The summed E-state index contributed by atoms with van der Waals surface area (Å²) in [5.74, 6) is -1.43. The van der Waals surface area contributed by atoms with E-state index >= 15 is 0 Å². The predicted octanol–water partition coefficient (Wildman–Crippen LogP) is 4.00. The number of hydrogen-bond donors (Lipinski definition) is 1. The second kappa shape index (κ2) is 7.89. The van der Waals surface area contributed by atoms with Crippen molar-refractivity contribution < 1.29 is 28.6 Å². The van der Waals surface area contributed by atoms with E-state index in [4.69, 9.17) is 13.9 Å². The van der Waals surface area contributed by atoms with Crippen LogP contribution in [0.25, 0.3) is 0 Å². The normalized spacial score (nSPS) is 29.6. The van der Waals surface area contributed by atoms with Gasteiger partial charge in [-0.25, -0.2) is 9.69 Å². The van der Waals surface area contributed by atoms with Crippen molar-refractivity contribution in [3.63, 3.8) is 0 Å². The summed E-state index contributed by atoms with van der Waals surface area (Å²) in [5.41, 5.74) is 0. The highest BCUT2D eigenvalue weighted by Crippen LogP contribution is 2.42. The van der Waals surface area contributed by atoms with Gasteiger partial charge in [-0.05, 0) is 38.9 Å². The van der Waals surface area contributed by atoms with Gasteiger partial charge >= 0.3 is 6.09 Å². The van der Waals surface area contributed by atoms with E-state index < -0.39 is 44.4 Å². The van der Waals surface area contributed by atoms with Crippen molar-refractivity contribution in [2.24, 2.45) is 5.92 Å². The summed E-state index contributed by atoms with van der Waals surface area (Å²) in [5, 5.41) is 9.68. The fourth-order valence-electron chi connectivity index (χ4n) is 3.59. The maximum absolute atomic E-state index is 12.5. The van der Waals surface area contributed by atoms with Crippen LogP contribution in [0.2, 0.25) is 18.1 Å². The number of carbonyl (C=O) groups excluding carboxylic acids is 1. The molecule has 0 radical (unpaired) electrons. The van der Waals surface area contributed by atoms with Gasteiger partial charge in [0.15, 0.2) is 14.1 Å². The van der Waals surface area contributed by atoms with Crippen LogP contribution in [0.1, 0.15) is 48.0 Å². The van der Waals surface area contributed by atoms with E-state index in [0.29, 0.717) is 6.61 Å². The Labute approximate surface area is 169 Å². The molecule has 1 N–H and O–H groups in total. The second-order valence-electron chi connectivity index (χ2n) is 9.64. The predicted molar refractivity (Wildman–Crippen MR) is 109 cm³/mol. The van der Waals surface area contributed by atoms with Gasteiger partial charge in [0.05, 0.1) is 18.8 Å². The summed E-state index contributed by atoms with van der Waals surface area (Å²) >= 11 is 0. The number of hydrogen-bond acceptors (Lipinski definition) is 5. The van der Waals surface area contributed by atoms with Crippen LogP contribution in [-0.2, 0) is 18.7 Å². The zero-order valence-corrected chi connectivity index (χ0v) is 19.3. The lowest BCUT2D eigenvalue weighted by Gasteiger charge is -2.44. The Kier molecular flexibility index (Phi) is 6.50. The lowest BCUT2D eigenvalue weighted by molar-refractivity contribution is -0.155. The number of amides is 2. The number of nitrogens with zero attached hydrogens (tertiary/aromatic N) is 1. The minimum atomic E-state index is -2.28. The first-order chi connectivity index (χ1) is 12.7. The van der Waals surface area contributed by atoms with Gasteiger partial charge < -0.3 is 19.0 Å². The molecule has 0 aromatic carbocycles. The van der Waals surface area contributed by atoms with Crippen LogP contribution < -0.4 is 0 Å².